The summed E-state index contributed by atoms with van der Waals surface area (Å²) in [7, 11) is 0. The van der Waals surface area contributed by atoms with Crippen LogP contribution in [0.4, 0.5) is 17.1 Å². The average molecular weight is 706 g/mol. The molecule has 0 saturated carbocycles. The Hall–Kier alpha value is -6.74. The second-order valence-corrected chi connectivity index (χ2v) is 14.8. The van der Waals surface area contributed by atoms with E-state index in [1.54, 1.807) is 0 Å². The third kappa shape index (κ3) is 5.84. The molecular formula is C52H35NS. The van der Waals surface area contributed by atoms with Gasteiger partial charge in [-0.1, -0.05) is 158 Å². The van der Waals surface area contributed by atoms with Crippen LogP contribution in [0.5, 0.6) is 0 Å². The van der Waals surface area contributed by atoms with Crippen molar-refractivity contribution in [1.29, 1.82) is 0 Å². The summed E-state index contributed by atoms with van der Waals surface area (Å²) < 4.78 is 2.59. The van der Waals surface area contributed by atoms with Crippen LogP contribution in [0.2, 0.25) is 0 Å². The van der Waals surface area contributed by atoms with Crippen LogP contribution >= 0.6 is 11.3 Å². The Morgan fingerprint density at radius 2 is 0.796 bits per heavy atom. The van der Waals surface area contributed by atoms with Crippen LogP contribution in [-0.2, 0) is 0 Å². The summed E-state index contributed by atoms with van der Waals surface area (Å²) in [5.74, 6) is 0. The molecule has 0 amide bonds. The number of fused-ring (bicyclic) bond motifs is 4. The van der Waals surface area contributed by atoms with Crippen molar-refractivity contribution in [3.63, 3.8) is 0 Å². The standard InChI is InChI=1S/C52H35NS/c1-3-12-36(13-4-1)37-22-24-38(25-23-37)39-26-30-44(31-27-39)53(49-19-11-21-51-52(49)47-18-9-10-20-50(47)54-51)45-32-28-40(29-33-45)43-34-42-16-7-8-17-46(42)48(35-43)41-14-5-2-6-15-41/h1-35H. The maximum absolute atomic E-state index is 2.42. The Morgan fingerprint density at radius 1 is 0.315 bits per heavy atom. The molecule has 10 aromatic rings. The van der Waals surface area contributed by atoms with Gasteiger partial charge in [0, 0.05) is 31.5 Å². The summed E-state index contributed by atoms with van der Waals surface area (Å²) >= 11 is 1.86. The highest BCUT2D eigenvalue weighted by Crippen LogP contribution is 2.45. The molecule has 0 aliphatic heterocycles. The predicted molar refractivity (Wildman–Crippen MR) is 233 cm³/mol. The molecule has 1 aromatic heterocycles. The molecule has 0 fully saturated rings. The third-order valence-electron chi connectivity index (χ3n) is 10.5. The maximum atomic E-state index is 2.42. The lowest BCUT2D eigenvalue weighted by Gasteiger charge is -2.27. The molecule has 0 spiro atoms. The summed E-state index contributed by atoms with van der Waals surface area (Å²) in [6, 6.07) is 77.1. The molecule has 0 aliphatic rings. The quantitative estimate of drug-likeness (QED) is 0.160. The van der Waals surface area contributed by atoms with Gasteiger partial charge in [0.2, 0.25) is 0 Å². The van der Waals surface area contributed by atoms with Crippen molar-refractivity contribution in [3.05, 3.63) is 212 Å². The normalized spacial score (nSPS) is 11.3. The monoisotopic (exact) mass is 705 g/mol. The van der Waals surface area contributed by atoms with Gasteiger partial charge in [-0.25, -0.2) is 0 Å². The number of nitrogens with zero attached hydrogens (tertiary/aromatic N) is 1. The van der Waals surface area contributed by atoms with Crippen molar-refractivity contribution in [3.8, 4) is 44.5 Å². The maximum Gasteiger partial charge on any atom is 0.0554 e. The zero-order valence-electron chi connectivity index (χ0n) is 29.6. The first-order valence-electron chi connectivity index (χ1n) is 18.4. The van der Waals surface area contributed by atoms with E-state index in [2.05, 4.69) is 217 Å². The Labute approximate surface area is 319 Å². The second-order valence-electron chi connectivity index (χ2n) is 13.7. The fourth-order valence-corrected chi connectivity index (χ4v) is 8.92. The zero-order chi connectivity index (χ0) is 35.8. The van der Waals surface area contributed by atoms with E-state index in [4.69, 9.17) is 0 Å². The number of rotatable bonds is 7. The lowest BCUT2D eigenvalue weighted by Crippen LogP contribution is -2.10. The van der Waals surface area contributed by atoms with Gasteiger partial charge in [0.05, 0.1) is 5.69 Å². The lowest BCUT2D eigenvalue weighted by molar-refractivity contribution is 1.30. The molecular weight excluding hydrogens is 671 g/mol. The largest absolute Gasteiger partial charge is 0.310 e. The molecule has 54 heavy (non-hydrogen) atoms. The minimum atomic E-state index is 1.12. The molecule has 10 rings (SSSR count). The van der Waals surface area contributed by atoms with Gasteiger partial charge < -0.3 is 4.90 Å². The third-order valence-corrected chi connectivity index (χ3v) is 11.6. The Kier molecular flexibility index (Phi) is 8.09. The molecule has 0 bridgehead atoms. The van der Waals surface area contributed by atoms with Crippen LogP contribution in [0.1, 0.15) is 0 Å². The molecule has 0 N–H and O–H groups in total. The first kappa shape index (κ1) is 32.0. The van der Waals surface area contributed by atoms with Gasteiger partial charge in [-0.2, -0.15) is 0 Å². The summed E-state index contributed by atoms with van der Waals surface area (Å²) in [4.78, 5) is 2.42. The second kappa shape index (κ2) is 13.7. The van der Waals surface area contributed by atoms with Gasteiger partial charge in [-0.15, -0.1) is 11.3 Å². The van der Waals surface area contributed by atoms with E-state index in [1.807, 2.05) is 11.3 Å². The first-order chi connectivity index (χ1) is 26.8. The van der Waals surface area contributed by atoms with Crippen LogP contribution in [0.3, 0.4) is 0 Å². The van der Waals surface area contributed by atoms with Crippen molar-refractivity contribution in [2.24, 2.45) is 0 Å². The van der Waals surface area contributed by atoms with E-state index >= 15 is 0 Å². The molecule has 0 radical (unpaired) electrons. The van der Waals surface area contributed by atoms with Crippen LogP contribution < -0.4 is 4.90 Å². The van der Waals surface area contributed by atoms with Crippen molar-refractivity contribution < 1.29 is 0 Å². The van der Waals surface area contributed by atoms with E-state index in [9.17, 15) is 0 Å². The number of benzene rings is 9. The van der Waals surface area contributed by atoms with Gasteiger partial charge in [0.1, 0.15) is 0 Å². The molecule has 254 valence electrons. The molecule has 0 aliphatic carbocycles. The van der Waals surface area contributed by atoms with Crippen molar-refractivity contribution in [2.45, 2.75) is 0 Å². The van der Waals surface area contributed by atoms with Crippen molar-refractivity contribution in [1.82, 2.24) is 0 Å². The van der Waals surface area contributed by atoms with Gasteiger partial charge in [0.25, 0.3) is 0 Å². The smallest absolute Gasteiger partial charge is 0.0554 e. The van der Waals surface area contributed by atoms with Crippen LogP contribution in [0.15, 0.2) is 212 Å². The van der Waals surface area contributed by atoms with Crippen LogP contribution in [-0.4, -0.2) is 0 Å². The van der Waals surface area contributed by atoms with Crippen LogP contribution in [0, 0.1) is 0 Å². The van der Waals surface area contributed by atoms with Crippen LogP contribution in [0.25, 0.3) is 75.5 Å². The van der Waals surface area contributed by atoms with Crippen molar-refractivity contribution in [2.75, 3.05) is 4.90 Å². The fraction of sp³-hybridized carbons (Fsp3) is 0. The summed E-state index contributed by atoms with van der Waals surface area (Å²) in [6.07, 6.45) is 0. The zero-order valence-corrected chi connectivity index (χ0v) is 30.4. The van der Waals surface area contributed by atoms with Crippen molar-refractivity contribution >= 4 is 59.3 Å². The SMILES string of the molecule is c1ccc(-c2ccc(-c3ccc(N(c4ccc(-c5cc(-c6ccccc6)c6ccccc6c5)cc4)c4cccc5sc6ccccc6c45)cc3)cc2)cc1. The molecule has 1 nitrogen and oxygen atoms in total. The van der Waals surface area contributed by atoms with Gasteiger partial charge >= 0.3 is 0 Å². The lowest BCUT2D eigenvalue weighted by atomic mass is 9.93. The number of hydrogen-bond acceptors (Lipinski definition) is 2. The Morgan fingerprint density at radius 3 is 1.44 bits per heavy atom. The predicted octanol–water partition coefficient (Wildman–Crippen LogP) is 15.3. The first-order valence-corrected chi connectivity index (χ1v) is 19.2. The molecule has 0 saturated heterocycles. The minimum Gasteiger partial charge on any atom is -0.310 e. The van der Waals surface area contributed by atoms with Gasteiger partial charge in [-0.3, -0.25) is 0 Å². The van der Waals surface area contributed by atoms with E-state index in [0.717, 1.165) is 11.4 Å². The van der Waals surface area contributed by atoms with Gasteiger partial charge in [0.15, 0.2) is 0 Å². The number of hydrogen-bond donors (Lipinski definition) is 0. The molecule has 0 unspecified atom stereocenters. The van der Waals surface area contributed by atoms with E-state index < -0.39 is 0 Å². The fourth-order valence-electron chi connectivity index (χ4n) is 7.79. The summed E-state index contributed by atoms with van der Waals surface area (Å²) in [5, 5.41) is 5.08. The number of anilines is 3. The summed E-state index contributed by atoms with van der Waals surface area (Å²) in [6.45, 7) is 0. The molecule has 0 atom stereocenters. The average Bonchev–Trinajstić information content (AvgIpc) is 3.64. The van der Waals surface area contributed by atoms with Gasteiger partial charge in [-0.05, 0) is 110 Å². The highest BCUT2D eigenvalue weighted by atomic mass is 32.1. The van der Waals surface area contributed by atoms with E-state index in [1.165, 1.54) is 81.1 Å². The topological polar surface area (TPSA) is 3.24 Å². The molecule has 1 heterocycles. The highest BCUT2D eigenvalue weighted by Gasteiger charge is 2.19. The highest BCUT2D eigenvalue weighted by molar-refractivity contribution is 7.26. The minimum absolute atomic E-state index is 1.12. The Balaban J connectivity index is 1.07. The molecule has 2 heteroatoms. The molecule has 9 aromatic carbocycles. The summed E-state index contributed by atoms with van der Waals surface area (Å²) in [5.41, 5.74) is 13.1. The van der Waals surface area contributed by atoms with E-state index in [0.29, 0.717) is 0 Å². The Bertz CT molecular complexity index is 2890. The number of thiophene rings is 1. The van der Waals surface area contributed by atoms with E-state index in [-0.39, 0.29) is 0 Å².